The summed E-state index contributed by atoms with van der Waals surface area (Å²) < 4.78 is 5.69. The largest absolute Gasteiger partial charge is 0.388 e. The minimum atomic E-state index is -0.494. The lowest BCUT2D eigenvalue weighted by Gasteiger charge is -2.23. The van der Waals surface area contributed by atoms with Gasteiger partial charge in [0, 0.05) is 35.9 Å². The molecule has 0 saturated carbocycles. The SMILES string of the molecule is CCC1OCCC1C(O)c1cncc2ccccc12. The number of pyridine rings is 1. The summed E-state index contributed by atoms with van der Waals surface area (Å²) in [5, 5.41) is 12.9. The van der Waals surface area contributed by atoms with Gasteiger partial charge in [0.15, 0.2) is 0 Å². The van der Waals surface area contributed by atoms with Crippen LogP contribution in [0.4, 0.5) is 0 Å². The Labute approximate surface area is 113 Å². The van der Waals surface area contributed by atoms with Crippen molar-refractivity contribution >= 4 is 10.8 Å². The number of nitrogens with zero attached hydrogens (tertiary/aromatic N) is 1. The Morgan fingerprint density at radius 2 is 2.21 bits per heavy atom. The van der Waals surface area contributed by atoms with E-state index in [0.717, 1.165) is 35.8 Å². The van der Waals surface area contributed by atoms with Crippen LogP contribution in [0.5, 0.6) is 0 Å². The van der Waals surface area contributed by atoms with Crippen molar-refractivity contribution in [1.82, 2.24) is 4.98 Å². The Bertz CT molecular complexity index is 564. The van der Waals surface area contributed by atoms with Gasteiger partial charge < -0.3 is 9.84 Å². The zero-order valence-electron chi connectivity index (χ0n) is 11.1. The summed E-state index contributed by atoms with van der Waals surface area (Å²) >= 11 is 0. The Hall–Kier alpha value is -1.45. The van der Waals surface area contributed by atoms with E-state index in [0.29, 0.717) is 0 Å². The van der Waals surface area contributed by atoms with Gasteiger partial charge >= 0.3 is 0 Å². The Kier molecular flexibility index (Phi) is 3.49. The topological polar surface area (TPSA) is 42.4 Å². The van der Waals surface area contributed by atoms with Gasteiger partial charge in [-0.3, -0.25) is 4.98 Å². The van der Waals surface area contributed by atoms with Crippen molar-refractivity contribution in [2.75, 3.05) is 6.61 Å². The summed E-state index contributed by atoms with van der Waals surface area (Å²) in [6.45, 7) is 2.86. The zero-order valence-corrected chi connectivity index (χ0v) is 11.1. The molecule has 2 heterocycles. The number of ether oxygens (including phenoxy) is 1. The van der Waals surface area contributed by atoms with Gasteiger partial charge in [0.2, 0.25) is 0 Å². The van der Waals surface area contributed by atoms with Gasteiger partial charge in [0.1, 0.15) is 0 Å². The molecule has 3 atom stereocenters. The van der Waals surface area contributed by atoms with Crippen LogP contribution in [0.3, 0.4) is 0 Å². The summed E-state index contributed by atoms with van der Waals surface area (Å²) in [5.74, 6) is 0.178. The first-order valence-corrected chi connectivity index (χ1v) is 6.93. The van der Waals surface area contributed by atoms with Crippen molar-refractivity contribution < 1.29 is 9.84 Å². The molecule has 1 aromatic carbocycles. The molecular weight excluding hydrogens is 238 g/mol. The number of benzene rings is 1. The van der Waals surface area contributed by atoms with Crippen molar-refractivity contribution in [3.05, 3.63) is 42.2 Å². The van der Waals surface area contributed by atoms with Gasteiger partial charge in [-0.1, -0.05) is 31.2 Å². The molecule has 0 spiro atoms. The Morgan fingerprint density at radius 3 is 3.05 bits per heavy atom. The number of hydrogen-bond acceptors (Lipinski definition) is 3. The van der Waals surface area contributed by atoms with E-state index in [1.165, 1.54) is 0 Å². The minimum Gasteiger partial charge on any atom is -0.388 e. The van der Waals surface area contributed by atoms with E-state index >= 15 is 0 Å². The van der Waals surface area contributed by atoms with E-state index < -0.39 is 6.10 Å². The summed E-state index contributed by atoms with van der Waals surface area (Å²) in [6.07, 6.45) is 5.16. The number of aliphatic hydroxyl groups is 1. The maximum absolute atomic E-state index is 10.7. The third kappa shape index (κ3) is 2.24. The van der Waals surface area contributed by atoms with Crippen LogP contribution in [0.15, 0.2) is 36.7 Å². The smallest absolute Gasteiger partial charge is 0.0864 e. The molecule has 2 aromatic rings. The van der Waals surface area contributed by atoms with E-state index in [4.69, 9.17) is 4.74 Å². The normalized spacial score (nSPS) is 24.7. The maximum Gasteiger partial charge on any atom is 0.0864 e. The minimum absolute atomic E-state index is 0.161. The van der Waals surface area contributed by atoms with Crippen LogP contribution >= 0.6 is 0 Å². The van der Waals surface area contributed by atoms with Crippen LogP contribution in [0.25, 0.3) is 10.8 Å². The molecule has 1 aliphatic rings. The Morgan fingerprint density at radius 1 is 1.37 bits per heavy atom. The van der Waals surface area contributed by atoms with Crippen LogP contribution in [0, 0.1) is 5.92 Å². The number of hydrogen-bond donors (Lipinski definition) is 1. The molecule has 0 amide bonds. The third-order valence-electron chi connectivity index (χ3n) is 4.09. The van der Waals surface area contributed by atoms with Gasteiger partial charge in [-0.2, -0.15) is 0 Å². The quantitative estimate of drug-likeness (QED) is 0.918. The van der Waals surface area contributed by atoms with E-state index in [1.807, 2.05) is 30.5 Å². The lowest BCUT2D eigenvalue weighted by atomic mass is 9.88. The molecule has 1 N–H and O–H groups in total. The molecule has 1 aliphatic heterocycles. The second-order valence-electron chi connectivity index (χ2n) is 5.16. The average molecular weight is 257 g/mol. The second kappa shape index (κ2) is 5.27. The van der Waals surface area contributed by atoms with E-state index in [2.05, 4.69) is 11.9 Å². The lowest BCUT2D eigenvalue weighted by molar-refractivity contribution is 0.0312. The fraction of sp³-hybridized carbons (Fsp3) is 0.438. The number of fused-ring (bicyclic) bond motifs is 1. The highest BCUT2D eigenvalue weighted by Gasteiger charge is 2.34. The lowest BCUT2D eigenvalue weighted by Crippen LogP contribution is -2.22. The highest BCUT2D eigenvalue weighted by atomic mass is 16.5. The summed E-state index contributed by atoms with van der Waals surface area (Å²) in [5.41, 5.74) is 0.923. The molecule has 3 rings (SSSR count). The van der Waals surface area contributed by atoms with Crippen LogP contribution in [0.2, 0.25) is 0 Å². The zero-order chi connectivity index (χ0) is 13.2. The second-order valence-corrected chi connectivity index (χ2v) is 5.16. The molecule has 3 nitrogen and oxygen atoms in total. The van der Waals surface area contributed by atoms with Crippen LogP contribution in [0.1, 0.15) is 31.4 Å². The molecule has 0 bridgehead atoms. The van der Waals surface area contributed by atoms with Crippen LogP contribution in [-0.4, -0.2) is 22.8 Å². The van der Waals surface area contributed by atoms with Crippen molar-refractivity contribution in [3.8, 4) is 0 Å². The molecule has 1 aromatic heterocycles. The number of rotatable bonds is 3. The van der Waals surface area contributed by atoms with Gasteiger partial charge in [-0.25, -0.2) is 0 Å². The molecule has 1 saturated heterocycles. The highest BCUT2D eigenvalue weighted by molar-refractivity contribution is 5.84. The van der Waals surface area contributed by atoms with Crippen LogP contribution in [-0.2, 0) is 4.74 Å². The van der Waals surface area contributed by atoms with E-state index in [9.17, 15) is 5.11 Å². The summed E-state index contributed by atoms with van der Waals surface area (Å²) in [4.78, 5) is 4.26. The number of aliphatic hydroxyl groups excluding tert-OH is 1. The molecule has 0 radical (unpaired) electrons. The molecule has 19 heavy (non-hydrogen) atoms. The molecule has 1 fully saturated rings. The van der Waals surface area contributed by atoms with Crippen molar-refractivity contribution in [3.63, 3.8) is 0 Å². The fourth-order valence-corrected chi connectivity index (χ4v) is 3.05. The van der Waals surface area contributed by atoms with Gasteiger partial charge in [0.05, 0.1) is 12.2 Å². The highest BCUT2D eigenvalue weighted by Crippen LogP contribution is 2.36. The first-order valence-electron chi connectivity index (χ1n) is 6.93. The average Bonchev–Trinajstić information content (AvgIpc) is 2.94. The first-order chi connectivity index (χ1) is 9.31. The molecular formula is C16H19NO2. The monoisotopic (exact) mass is 257 g/mol. The standard InChI is InChI=1S/C16H19NO2/c1-2-15-13(7-8-19-15)16(18)14-10-17-9-11-5-3-4-6-12(11)14/h3-6,9-10,13,15-16,18H,2,7-8H2,1H3. The maximum atomic E-state index is 10.7. The summed E-state index contributed by atoms with van der Waals surface area (Å²) in [6, 6.07) is 8.07. The van der Waals surface area contributed by atoms with Crippen LogP contribution < -0.4 is 0 Å². The predicted molar refractivity (Wildman–Crippen MR) is 74.8 cm³/mol. The molecule has 3 heteroatoms. The third-order valence-corrected chi connectivity index (χ3v) is 4.09. The predicted octanol–water partition coefficient (Wildman–Crippen LogP) is 3.08. The molecule has 3 unspecified atom stereocenters. The van der Waals surface area contributed by atoms with Crippen molar-refractivity contribution in [1.29, 1.82) is 0 Å². The Balaban J connectivity index is 1.99. The van der Waals surface area contributed by atoms with Gasteiger partial charge in [0.25, 0.3) is 0 Å². The van der Waals surface area contributed by atoms with E-state index in [1.54, 1.807) is 6.20 Å². The van der Waals surface area contributed by atoms with Gasteiger partial charge in [-0.05, 0) is 18.2 Å². The number of aromatic nitrogens is 1. The molecule has 0 aliphatic carbocycles. The van der Waals surface area contributed by atoms with Crippen molar-refractivity contribution in [2.24, 2.45) is 5.92 Å². The fourth-order valence-electron chi connectivity index (χ4n) is 3.05. The van der Waals surface area contributed by atoms with Gasteiger partial charge in [-0.15, -0.1) is 0 Å². The first kappa shape index (κ1) is 12.6. The van der Waals surface area contributed by atoms with Crippen molar-refractivity contribution in [2.45, 2.75) is 32.0 Å². The van der Waals surface area contributed by atoms with E-state index in [-0.39, 0.29) is 12.0 Å². The molecule has 100 valence electrons. The summed E-state index contributed by atoms with van der Waals surface area (Å²) in [7, 11) is 0.